The standard InChI is InChI=1S/C17H23NO3/c1-12-7-4-5-9-14(12)15(19)18-10-6-8-13(11-18)17(2,3)16(20)21/h4-5,7,9,13H,6,8,10-11H2,1-3H3,(H,20,21). The molecule has 1 N–H and O–H groups in total. The van der Waals surface area contributed by atoms with Crippen LogP contribution in [0.5, 0.6) is 0 Å². The highest BCUT2D eigenvalue weighted by molar-refractivity contribution is 5.95. The number of benzene rings is 1. The average molecular weight is 289 g/mol. The SMILES string of the molecule is Cc1ccccc1C(=O)N1CCCC(C(C)(C)C(=O)O)C1. The Labute approximate surface area is 125 Å². The highest BCUT2D eigenvalue weighted by Crippen LogP contribution is 2.34. The monoisotopic (exact) mass is 289 g/mol. The van der Waals surface area contributed by atoms with Crippen LogP contribution in [0.2, 0.25) is 0 Å². The van der Waals surface area contributed by atoms with Gasteiger partial charge in [0.1, 0.15) is 0 Å². The van der Waals surface area contributed by atoms with E-state index in [-0.39, 0.29) is 11.8 Å². The normalized spacial score (nSPS) is 19.4. The van der Waals surface area contributed by atoms with E-state index in [1.165, 1.54) is 0 Å². The number of piperidine rings is 1. The first-order valence-electron chi connectivity index (χ1n) is 7.42. The number of aliphatic carboxylic acids is 1. The molecule has 2 rings (SSSR count). The van der Waals surface area contributed by atoms with Gasteiger partial charge in [-0.15, -0.1) is 0 Å². The summed E-state index contributed by atoms with van der Waals surface area (Å²) in [4.78, 5) is 25.9. The second kappa shape index (κ2) is 5.88. The Balaban J connectivity index is 2.17. The molecule has 0 aromatic heterocycles. The van der Waals surface area contributed by atoms with E-state index in [0.717, 1.165) is 18.4 Å². The number of carbonyl (C=O) groups excluding carboxylic acids is 1. The van der Waals surface area contributed by atoms with Crippen molar-refractivity contribution in [2.45, 2.75) is 33.6 Å². The van der Waals surface area contributed by atoms with Crippen LogP contribution in [0.3, 0.4) is 0 Å². The van der Waals surface area contributed by atoms with Gasteiger partial charge in [0, 0.05) is 18.7 Å². The Hall–Kier alpha value is -1.84. The van der Waals surface area contributed by atoms with Crippen molar-refractivity contribution in [3.05, 3.63) is 35.4 Å². The molecule has 1 amide bonds. The van der Waals surface area contributed by atoms with Crippen molar-refractivity contribution in [1.29, 1.82) is 0 Å². The summed E-state index contributed by atoms with van der Waals surface area (Å²) in [6.07, 6.45) is 1.72. The summed E-state index contributed by atoms with van der Waals surface area (Å²) in [5.74, 6) is -0.784. The molecule has 1 heterocycles. The number of nitrogens with zero attached hydrogens (tertiary/aromatic N) is 1. The summed E-state index contributed by atoms with van der Waals surface area (Å²) in [6, 6.07) is 7.54. The first kappa shape index (κ1) is 15.5. The lowest BCUT2D eigenvalue weighted by Gasteiger charge is -2.39. The van der Waals surface area contributed by atoms with Crippen LogP contribution in [0.15, 0.2) is 24.3 Å². The zero-order valence-corrected chi connectivity index (χ0v) is 12.9. The van der Waals surface area contributed by atoms with Gasteiger partial charge in [-0.25, -0.2) is 0 Å². The third kappa shape index (κ3) is 3.09. The first-order valence-corrected chi connectivity index (χ1v) is 7.42. The predicted molar refractivity (Wildman–Crippen MR) is 81.2 cm³/mol. The number of amides is 1. The molecular formula is C17H23NO3. The molecule has 1 aromatic rings. The van der Waals surface area contributed by atoms with Gasteiger partial charge in [-0.2, -0.15) is 0 Å². The van der Waals surface area contributed by atoms with E-state index in [0.29, 0.717) is 18.7 Å². The third-order valence-electron chi connectivity index (χ3n) is 4.66. The number of carboxylic acids is 1. The summed E-state index contributed by atoms with van der Waals surface area (Å²) in [7, 11) is 0. The Bertz CT molecular complexity index is 551. The summed E-state index contributed by atoms with van der Waals surface area (Å²) < 4.78 is 0. The number of carboxylic acid groups (broad SMARTS) is 1. The Morgan fingerprint density at radius 1 is 1.29 bits per heavy atom. The largest absolute Gasteiger partial charge is 0.481 e. The molecule has 0 aliphatic carbocycles. The van der Waals surface area contributed by atoms with Crippen molar-refractivity contribution in [2.24, 2.45) is 11.3 Å². The van der Waals surface area contributed by atoms with Crippen LogP contribution < -0.4 is 0 Å². The van der Waals surface area contributed by atoms with E-state index in [1.807, 2.05) is 31.2 Å². The number of hydrogen-bond donors (Lipinski definition) is 1. The lowest BCUT2D eigenvalue weighted by Crippen LogP contribution is -2.47. The summed E-state index contributed by atoms with van der Waals surface area (Å²) in [5, 5.41) is 9.38. The molecule has 21 heavy (non-hydrogen) atoms. The maximum atomic E-state index is 12.6. The molecule has 1 unspecified atom stereocenters. The van der Waals surface area contributed by atoms with Gasteiger partial charge < -0.3 is 10.0 Å². The maximum Gasteiger partial charge on any atom is 0.309 e. The maximum absolute atomic E-state index is 12.6. The molecule has 4 heteroatoms. The third-order valence-corrected chi connectivity index (χ3v) is 4.66. The van der Waals surface area contributed by atoms with E-state index in [1.54, 1.807) is 18.7 Å². The molecule has 1 atom stereocenters. The summed E-state index contributed by atoms with van der Waals surface area (Å²) >= 11 is 0. The molecular weight excluding hydrogens is 266 g/mol. The van der Waals surface area contributed by atoms with Crippen LogP contribution >= 0.6 is 0 Å². The lowest BCUT2D eigenvalue weighted by molar-refractivity contribution is -0.151. The van der Waals surface area contributed by atoms with Crippen molar-refractivity contribution in [2.75, 3.05) is 13.1 Å². The number of rotatable bonds is 3. The average Bonchev–Trinajstić information content (AvgIpc) is 2.47. The minimum Gasteiger partial charge on any atom is -0.481 e. The fourth-order valence-corrected chi connectivity index (χ4v) is 2.91. The number of hydrogen-bond acceptors (Lipinski definition) is 2. The second-order valence-electron chi connectivity index (χ2n) is 6.43. The quantitative estimate of drug-likeness (QED) is 0.930. The van der Waals surface area contributed by atoms with Gasteiger partial charge in [0.15, 0.2) is 0 Å². The van der Waals surface area contributed by atoms with Crippen molar-refractivity contribution in [1.82, 2.24) is 4.90 Å². The van der Waals surface area contributed by atoms with E-state index in [9.17, 15) is 14.7 Å². The van der Waals surface area contributed by atoms with Crippen LogP contribution in [0.4, 0.5) is 0 Å². The van der Waals surface area contributed by atoms with Crippen molar-refractivity contribution in [3.63, 3.8) is 0 Å². The van der Waals surface area contributed by atoms with Crippen molar-refractivity contribution >= 4 is 11.9 Å². The topological polar surface area (TPSA) is 57.6 Å². The van der Waals surface area contributed by atoms with Gasteiger partial charge in [0.05, 0.1) is 5.41 Å². The lowest BCUT2D eigenvalue weighted by atomic mass is 9.74. The van der Waals surface area contributed by atoms with Gasteiger partial charge >= 0.3 is 5.97 Å². The van der Waals surface area contributed by atoms with E-state index in [4.69, 9.17) is 0 Å². The van der Waals surface area contributed by atoms with Gasteiger partial charge in [-0.1, -0.05) is 18.2 Å². The van der Waals surface area contributed by atoms with Crippen LogP contribution in [0.1, 0.15) is 42.6 Å². The predicted octanol–water partition coefficient (Wildman–Crippen LogP) is 2.96. The number of carbonyl (C=O) groups is 2. The highest BCUT2D eigenvalue weighted by Gasteiger charge is 2.40. The number of aryl methyl sites for hydroxylation is 1. The smallest absolute Gasteiger partial charge is 0.309 e. The zero-order chi connectivity index (χ0) is 15.6. The van der Waals surface area contributed by atoms with Gasteiger partial charge in [-0.3, -0.25) is 9.59 Å². The zero-order valence-electron chi connectivity index (χ0n) is 12.9. The van der Waals surface area contributed by atoms with E-state index < -0.39 is 11.4 Å². The minimum atomic E-state index is -0.801. The molecule has 0 saturated carbocycles. The highest BCUT2D eigenvalue weighted by atomic mass is 16.4. The fraction of sp³-hybridized carbons (Fsp3) is 0.529. The van der Waals surface area contributed by atoms with Crippen molar-refractivity contribution in [3.8, 4) is 0 Å². The molecule has 1 aliphatic heterocycles. The summed E-state index contributed by atoms with van der Waals surface area (Å²) in [5.41, 5.74) is 0.874. The fourth-order valence-electron chi connectivity index (χ4n) is 2.91. The van der Waals surface area contributed by atoms with Crippen LogP contribution in [0.25, 0.3) is 0 Å². The van der Waals surface area contributed by atoms with Crippen molar-refractivity contribution < 1.29 is 14.7 Å². The van der Waals surface area contributed by atoms with Crippen LogP contribution in [0, 0.1) is 18.3 Å². The van der Waals surface area contributed by atoms with Gasteiger partial charge in [-0.05, 0) is 51.2 Å². The molecule has 1 aromatic carbocycles. The molecule has 4 nitrogen and oxygen atoms in total. The van der Waals surface area contributed by atoms with E-state index >= 15 is 0 Å². The minimum absolute atomic E-state index is 0.00304. The molecule has 0 bridgehead atoms. The second-order valence-corrected chi connectivity index (χ2v) is 6.43. The first-order chi connectivity index (χ1) is 9.84. The Morgan fingerprint density at radius 3 is 2.57 bits per heavy atom. The van der Waals surface area contributed by atoms with E-state index in [2.05, 4.69) is 0 Å². The Kier molecular flexibility index (Phi) is 4.35. The molecule has 1 aliphatic rings. The molecule has 1 fully saturated rings. The Morgan fingerprint density at radius 2 is 1.95 bits per heavy atom. The molecule has 1 saturated heterocycles. The molecule has 114 valence electrons. The molecule has 0 spiro atoms. The molecule has 0 radical (unpaired) electrons. The van der Waals surface area contributed by atoms with Gasteiger partial charge in [0.2, 0.25) is 0 Å². The van der Waals surface area contributed by atoms with Crippen LogP contribution in [-0.2, 0) is 4.79 Å². The van der Waals surface area contributed by atoms with Crippen LogP contribution in [-0.4, -0.2) is 35.0 Å². The number of likely N-dealkylation sites (tertiary alicyclic amines) is 1. The summed E-state index contributed by atoms with van der Waals surface area (Å²) in [6.45, 7) is 6.66. The van der Waals surface area contributed by atoms with Gasteiger partial charge in [0.25, 0.3) is 5.91 Å².